The summed E-state index contributed by atoms with van der Waals surface area (Å²) >= 11 is 0. The second-order valence-electron chi connectivity index (χ2n) is 12.5. The van der Waals surface area contributed by atoms with E-state index in [9.17, 15) is 9.59 Å². The maximum absolute atomic E-state index is 13.6. The molecule has 3 atom stereocenters. The molecule has 1 saturated carbocycles. The van der Waals surface area contributed by atoms with Crippen LogP contribution in [0.2, 0.25) is 0 Å². The van der Waals surface area contributed by atoms with Gasteiger partial charge < -0.3 is 14.8 Å². The number of para-hydroxylation sites is 1. The maximum atomic E-state index is 13.6. The van der Waals surface area contributed by atoms with Crippen molar-refractivity contribution in [3.05, 3.63) is 102 Å². The van der Waals surface area contributed by atoms with E-state index < -0.39 is 5.60 Å². The summed E-state index contributed by atoms with van der Waals surface area (Å²) in [6.07, 6.45) is 2.86. The molecule has 1 aromatic heterocycles. The molecule has 0 spiro atoms. The first-order valence-electron chi connectivity index (χ1n) is 15.2. The molecule has 230 valence electrons. The van der Waals surface area contributed by atoms with Gasteiger partial charge >= 0.3 is 12.0 Å². The Morgan fingerprint density at radius 3 is 2.23 bits per heavy atom. The summed E-state index contributed by atoms with van der Waals surface area (Å²) in [5.41, 5.74) is 4.31. The Hall–Kier alpha value is -4.43. The molecule has 44 heavy (non-hydrogen) atoms. The highest BCUT2D eigenvalue weighted by atomic mass is 16.6. The van der Waals surface area contributed by atoms with Gasteiger partial charge in [0.2, 0.25) is 0 Å². The van der Waals surface area contributed by atoms with Crippen LogP contribution in [-0.4, -0.2) is 47.1 Å². The number of amides is 2. The molecule has 3 aromatic carbocycles. The SMILES string of the molecule is COCCC1C[C@@H](NC(=O)Nc2c(C)c(-c3ccc(C(=O)OC(C)(C)C)cc3)nn2-c2ccccc2)[C@H](c2ccccc2)C1. The second-order valence-corrected chi connectivity index (χ2v) is 12.5. The number of ether oxygens (including phenoxy) is 2. The van der Waals surface area contributed by atoms with Crippen molar-refractivity contribution in [3.8, 4) is 16.9 Å². The van der Waals surface area contributed by atoms with E-state index in [2.05, 4.69) is 34.9 Å². The lowest BCUT2D eigenvalue weighted by molar-refractivity contribution is 0.00695. The quantitative estimate of drug-likeness (QED) is 0.196. The predicted molar refractivity (Wildman–Crippen MR) is 173 cm³/mol. The first kappa shape index (κ1) is 31.0. The summed E-state index contributed by atoms with van der Waals surface area (Å²) in [6, 6.07) is 27.1. The fraction of sp³-hybridized carbons (Fsp3) is 0.361. The minimum atomic E-state index is -0.577. The number of carbonyl (C=O) groups is 2. The molecule has 5 rings (SSSR count). The summed E-state index contributed by atoms with van der Waals surface area (Å²) in [7, 11) is 1.73. The van der Waals surface area contributed by atoms with Crippen LogP contribution in [0, 0.1) is 12.8 Å². The average molecular weight is 595 g/mol. The second kappa shape index (κ2) is 13.5. The highest BCUT2D eigenvalue weighted by Crippen LogP contribution is 2.40. The number of anilines is 1. The Labute approximate surface area is 259 Å². The van der Waals surface area contributed by atoms with Gasteiger partial charge in [-0.15, -0.1) is 0 Å². The van der Waals surface area contributed by atoms with Gasteiger partial charge in [-0.05, 0) is 82.7 Å². The molecule has 2 N–H and O–H groups in total. The number of methoxy groups -OCH3 is 1. The van der Waals surface area contributed by atoms with Crippen molar-refractivity contribution in [2.24, 2.45) is 5.92 Å². The number of benzene rings is 3. The zero-order chi connectivity index (χ0) is 31.3. The monoisotopic (exact) mass is 594 g/mol. The lowest BCUT2D eigenvalue weighted by Gasteiger charge is -2.22. The van der Waals surface area contributed by atoms with Crippen LogP contribution in [0.15, 0.2) is 84.9 Å². The standard InChI is InChI=1S/C36H42N4O4/c1-24-32(27-16-18-28(19-17-27)34(41)44-36(2,3)4)39-40(29-14-10-7-11-15-29)33(24)38-35(42)37-31-23-25(20-21-43-5)22-30(31)26-12-8-6-9-13-26/h6-19,25,30-31H,20-23H2,1-5H3,(H2,37,38,42)/t25?,30-,31+/m0/s1. The van der Waals surface area contributed by atoms with Crippen molar-refractivity contribution in [2.75, 3.05) is 19.0 Å². The molecular formula is C36H42N4O4. The zero-order valence-corrected chi connectivity index (χ0v) is 26.2. The molecule has 0 bridgehead atoms. The van der Waals surface area contributed by atoms with Gasteiger partial charge in [-0.25, -0.2) is 14.3 Å². The summed E-state index contributed by atoms with van der Waals surface area (Å²) < 4.78 is 12.6. The van der Waals surface area contributed by atoms with Gasteiger partial charge in [0.1, 0.15) is 11.4 Å². The van der Waals surface area contributed by atoms with E-state index in [0.717, 1.165) is 36.1 Å². The predicted octanol–water partition coefficient (Wildman–Crippen LogP) is 7.52. The molecule has 8 nitrogen and oxygen atoms in total. The molecule has 0 aliphatic heterocycles. The molecule has 1 heterocycles. The third-order valence-electron chi connectivity index (χ3n) is 8.08. The van der Waals surface area contributed by atoms with Crippen LogP contribution in [0.1, 0.15) is 67.4 Å². The Bertz CT molecular complexity index is 1560. The topological polar surface area (TPSA) is 94.5 Å². The van der Waals surface area contributed by atoms with Gasteiger partial charge in [0, 0.05) is 36.8 Å². The molecule has 0 radical (unpaired) electrons. The van der Waals surface area contributed by atoms with Gasteiger partial charge in [-0.3, -0.25) is 5.32 Å². The van der Waals surface area contributed by atoms with Gasteiger partial charge in [0.25, 0.3) is 0 Å². The zero-order valence-electron chi connectivity index (χ0n) is 26.2. The number of aromatic nitrogens is 2. The van der Waals surface area contributed by atoms with Crippen LogP contribution in [0.3, 0.4) is 0 Å². The molecule has 1 fully saturated rings. The molecule has 1 aliphatic carbocycles. The Kier molecular flexibility index (Phi) is 9.49. The molecule has 0 saturated heterocycles. The van der Waals surface area contributed by atoms with Crippen molar-refractivity contribution in [1.29, 1.82) is 0 Å². The fourth-order valence-electron chi connectivity index (χ4n) is 5.98. The van der Waals surface area contributed by atoms with Crippen molar-refractivity contribution in [3.63, 3.8) is 0 Å². The van der Waals surface area contributed by atoms with E-state index in [0.29, 0.717) is 29.6 Å². The molecule has 4 aromatic rings. The summed E-state index contributed by atoms with van der Waals surface area (Å²) in [4.78, 5) is 26.2. The van der Waals surface area contributed by atoms with Crippen LogP contribution in [-0.2, 0) is 9.47 Å². The highest BCUT2D eigenvalue weighted by molar-refractivity contribution is 5.92. The summed E-state index contributed by atoms with van der Waals surface area (Å²) in [6.45, 7) is 8.19. The molecule has 2 amide bonds. The average Bonchev–Trinajstić information content (AvgIpc) is 3.56. The van der Waals surface area contributed by atoms with E-state index >= 15 is 0 Å². The number of hydrogen-bond donors (Lipinski definition) is 2. The third kappa shape index (κ3) is 7.37. The van der Waals surface area contributed by atoms with Gasteiger partial charge in [0.05, 0.1) is 16.9 Å². The van der Waals surface area contributed by atoms with Gasteiger partial charge in [0.15, 0.2) is 0 Å². The van der Waals surface area contributed by atoms with Crippen molar-refractivity contribution >= 4 is 17.8 Å². The summed E-state index contributed by atoms with van der Waals surface area (Å²) in [5.74, 6) is 0.908. The maximum Gasteiger partial charge on any atom is 0.338 e. The van der Waals surface area contributed by atoms with Crippen LogP contribution in [0.25, 0.3) is 16.9 Å². The first-order chi connectivity index (χ1) is 21.1. The van der Waals surface area contributed by atoms with E-state index in [1.165, 1.54) is 5.56 Å². The Morgan fingerprint density at radius 2 is 1.59 bits per heavy atom. The van der Waals surface area contributed by atoms with E-state index in [1.54, 1.807) is 23.9 Å². The molecule has 1 aliphatic rings. The summed E-state index contributed by atoms with van der Waals surface area (Å²) in [5, 5.41) is 11.3. The van der Waals surface area contributed by atoms with Crippen molar-refractivity contribution < 1.29 is 19.1 Å². The largest absolute Gasteiger partial charge is 0.456 e. The first-order valence-corrected chi connectivity index (χ1v) is 15.2. The number of hydrogen-bond acceptors (Lipinski definition) is 5. The fourth-order valence-corrected chi connectivity index (χ4v) is 5.98. The van der Waals surface area contributed by atoms with Crippen molar-refractivity contribution in [2.45, 2.75) is 64.5 Å². The van der Waals surface area contributed by atoms with Crippen LogP contribution < -0.4 is 10.6 Å². The van der Waals surface area contributed by atoms with Gasteiger partial charge in [-0.1, -0.05) is 60.7 Å². The number of urea groups is 1. The van der Waals surface area contributed by atoms with Crippen LogP contribution >= 0.6 is 0 Å². The number of nitrogens with one attached hydrogen (secondary N) is 2. The number of rotatable bonds is 9. The smallest absolute Gasteiger partial charge is 0.338 e. The van der Waals surface area contributed by atoms with E-state index in [1.807, 2.05) is 76.2 Å². The molecule has 1 unspecified atom stereocenters. The van der Waals surface area contributed by atoms with E-state index in [4.69, 9.17) is 14.6 Å². The van der Waals surface area contributed by atoms with Crippen LogP contribution in [0.4, 0.5) is 10.6 Å². The lowest BCUT2D eigenvalue weighted by Crippen LogP contribution is -2.40. The van der Waals surface area contributed by atoms with E-state index in [-0.39, 0.29) is 24.0 Å². The molecule has 8 heteroatoms. The van der Waals surface area contributed by atoms with Crippen LogP contribution in [0.5, 0.6) is 0 Å². The molecular weight excluding hydrogens is 552 g/mol. The Morgan fingerprint density at radius 1 is 0.932 bits per heavy atom. The highest BCUT2D eigenvalue weighted by Gasteiger charge is 2.36. The third-order valence-corrected chi connectivity index (χ3v) is 8.08. The normalized spacial score (nSPS) is 18.2. The lowest BCUT2D eigenvalue weighted by atomic mass is 9.93. The van der Waals surface area contributed by atoms with Gasteiger partial charge in [-0.2, -0.15) is 5.10 Å². The number of nitrogens with zero attached hydrogens (tertiary/aromatic N) is 2. The number of carbonyl (C=O) groups excluding carboxylic acids is 2. The minimum absolute atomic E-state index is 0.00692. The van der Waals surface area contributed by atoms with Crippen molar-refractivity contribution in [1.82, 2.24) is 15.1 Å². The number of esters is 1. The Balaban J connectivity index is 1.40. The minimum Gasteiger partial charge on any atom is -0.456 e.